The third-order valence-corrected chi connectivity index (χ3v) is 12.5. The first kappa shape index (κ1) is 34.2. The fraction of sp³-hybridized carbons (Fsp3) is 0.556. The maximum Gasteiger partial charge on any atom is 0.416 e. The summed E-state index contributed by atoms with van der Waals surface area (Å²) in [5.74, 6) is 0. The van der Waals surface area contributed by atoms with Gasteiger partial charge in [-0.05, 0) is 85.0 Å². The first-order chi connectivity index (χ1) is 19.1. The summed E-state index contributed by atoms with van der Waals surface area (Å²) in [6.07, 6.45) is -21.0. The molecule has 3 rings (SSSR count). The summed E-state index contributed by atoms with van der Waals surface area (Å²) >= 11 is 0. The van der Waals surface area contributed by atoms with Crippen LogP contribution >= 0.6 is 0 Å². The zero-order chi connectivity index (χ0) is 31.9. The van der Waals surface area contributed by atoms with Crippen LogP contribution in [0.25, 0.3) is 0 Å². The molecule has 1 saturated heterocycles. The summed E-state index contributed by atoms with van der Waals surface area (Å²) in [6.45, 7) is 5.14. The summed E-state index contributed by atoms with van der Waals surface area (Å²) in [7, 11) is -3.20. The van der Waals surface area contributed by atoms with E-state index in [2.05, 4.69) is 5.32 Å². The average molecular weight is 640 g/mol. The van der Waals surface area contributed by atoms with Crippen molar-refractivity contribution in [3.05, 3.63) is 69.8 Å². The molecule has 1 N–H and O–H groups in total. The largest absolute Gasteiger partial charge is 0.416 e. The molecule has 0 aromatic heterocycles. The highest BCUT2D eigenvalue weighted by molar-refractivity contribution is 6.73. The molecule has 1 atom stereocenters. The molecule has 0 aliphatic carbocycles. The standard InChI is InChI=1S/C27H29F12NOSi/c1-4-42(5-2,6-3)41-23(22-8-7-9-40-22,16-10-18(24(28,29)30)14-19(11-16)25(31,32)33)17-12-20(26(34,35)36)15-21(13-17)27(37,38)39/h10-15,22,40H,4-9H2,1-3H3/t22-/m0/s1. The van der Waals surface area contributed by atoms with Crippen molar-refractivity contribution in [1.82, 2.24) is 5.32 Å². The molecule has 1 aliphatic rings. The second-order valence-corrected chi connectivity index (χ2v) is 15.0. The van der Waals surface area contributed by atoms with Crippen LogP contribution in [0.3, 0.4) is 0 Å². The van der Waals surface area contributed by atoms with E-state index in [-0.39, 0.29) is 43.2 Å². The van der Waals surface area contributed by atoms with Gasteiger partial charge in [-0.25, -0.2) is 0 Å². The zero-order valence-electron chi connectivity index (χ0n) is 22.7. The third-order valence-electron chi connectivity index (χ3n) is 7.89. The van der Waals surface area contributed by atoms with Gasteiger partial charge in [0.1, 0.15) is 5.60 Å². The molecule has 236 valence electrons. The van der Waals surface area contributed by atoms with E-state index >= 15 is 0 Å². The molecule has 0 unspecified atom stereocenters. The minimum atomic E-state index is -5.33. The summed E-state index contributed by atoms with van der Waals surface area (Å²) in [6, 6.07) is 0.530. The molecule has 0 saturated carbocycles. The molecule has 2 nitrogen and oxygen atoms in total. The van der Waals surface area contributed by atoms with Crippen LogP contribution in [0, 0.1) is 0 Å². The SMILES string of the molecule is CC[Si](CC)(CC)OC(c1cc(C(F)(F)F)cc(C(F)(F)F)c1)(c1cc(C(F)(F)F)cc(C(F)(F)F)c1)[C@@H]1CCCN1. The number of rotatable bonds is 8. The van der Waals surface area contributed by atoms with E-state index in [1.54, 1.807) is 20.8 Å². The van der Waals surface area contributed by atoms with Crippen molar-refractivity contribution in [2.45, 2.75) is 88.1 Å². The van der Waals surface area contributed by atoms with Crippen molar-refractivity contribution in [2.24, 2.45) is 0 Å². The zero-order valence-corrected chi connectivity index (χ0v) is 23.7. The average Bonchev–Trinajstić information content (AvgIpc) is 3.43. The molecule has 1 fully saturated rings. The van der Waals surface area contributed by atoms with Crippen molar-refractivity contribution in [3.8, 4) is 0 Å². The van der Waals surface area contributed by atoms with Crippen LogP contribution < -0.4 is 5.32 Å². The number of benzene rings is 2. The van der Waals surface area contributed by atoms with Gasteiger partial charge in [0.25, 0.3) is 0 Å². The van der Waals surface area contributed by atoms with Crippen LogP contribution in [-0.4, -0.2) is 20.9 Å². The fourth-order valence-electron chi connectivity index (χ4n) is 5.44. The second-order valence-electron chi connectivity index (χ2n) is 10.3. The maximum absolute atomic E-state index is 14.0. The lowest BCUT2D eigenvalue weighted by Crippen LogP contribution is -2.55. The van der Waals surface area contributed by atoms with Crippen LogP contribution in [0.15, 0.2) is 36.4 Å². The predicted octanol–water partition coefficient (Wildman–Crippen LogP) is 9.78. The van der Waals surface area contributed by atoms with Crippen LogP contribution in [0.1, 0.15) is 67.0 Å². The van der Waals surface area contributed by atoms with Gasteiger partial charge < -0.3 is 9.74 Å². The number of hydrogen-bond donors (Lipinski definition) is 1. The number of halogens is 12. The number of hydrogen-bond acceptors (Lipinski definition) is 2. The van der Waals surface area contributed by atoms with Crippen molar-refractivity contribution >= 4 is 8.32 Å². The maximum atomic E-state index is 14.0. The Bertz CT molecular complexity index is 1090. The van der Waals surface area contributed by atoms with E-state index in [0.717, 1.165) is 0 Å². The topological polar surface area (TPSA) is 21.3 Å². The summed E-state index contributed by atoms with van der Waals surface area (Å²) in [4.78, 5) is 0. The highest BCUT2D eigenvalue weighted by atomic mass is 28.4. The Morgan fingerprint density at radius 1 is 0.595 bits per heavy atom. The van der Waals surface area contributed by atoms with Crippen molar-refractivity contribution < 1.29 is 57.1 Å². The summed E-state index contributed by atoms with van der Waals surface area (Å²) in [5.41, 5.74) is -11.3. The van der Waals surface area contributed by atoms with Gasteiger partial charge in [-0.15, -0.1) is 0 Å². The Morgan fingerprint density at radius 3 is 1.14 bits per heavy atom. The van der Waals surface area contributed by atoms with E-state index < -0.39 is 78.0 Å². The molecule has 1 heterocycles. The molecule has 2 aromatic rings. The molecular formula is C27H29F12NOSi. The van der Waals surface area contributed by atoms with Gasteiger partial charge in [0.15, 0.2) is 8.32 Å². The van der Waals surface area contributed by atoms with Gasteiger partial charge in [-0.3, -0.25) is 0 Å². The second kappa shape index (κ2) is 11.7. The molecule has 2 aromatic carbocycles. The van der Waals surface area contributed by atoms with Gasteiger partial charge in [0.05, 0.1) is 22.3 Å². The third kappa shape index (κ3) is 6.93. The monoisotopic (exact) mass is 639 g/mol. The minimum absolute atomic E-state index is 0.00316. The first-order valence-electron chi connectivity index (χ1n) is 13.2. The molecule has 0 amide bonds. The van der Waals surface area contributed by atoms with Gasteiger partial charge in [0, 0.05) is 6.04 Å². The Labute approximate surface area is 235 Å². The van der Waals surface area contributed by atoms with Crippen LogP contribution in [0.5, 0.6) is 0 Å². The Balaban J connectivity index is 2.62. The molecule has 42 heavy (non-hydrogen) atoms. The number of nitrogens with one attached hydrogen (secondary N) is 1. The highest BCUT2D eigenvalue weighted by Gasteiger charge is 2.52. The van der Waals surface area contributed by atoms with E-state index in [4.69, 9.17) is 4.43 Å². The van der Waals surface area contributed by atoms with E-state index in [1.165, 1.54) is 0 Å². The first-order valence-corrected chi connectivity index (χ1v) is 15.7. The Kier molecular flexibility index (Phi) is 9.52. The van der Waals surface area contributed by atoms with Crippen LogP contribution in [-0.2, 0) is 34.7 Å². The Hall–Kier alpha value is -2.26. The van der Waals surface area contributed by atoms with Gasteiger partial charge >= 0.3 is 24.7 Å². The lowest BCUT2D eigenvalue weighted by molar-refractivity contribution is -0.144. The predicted molar refractivity (Wildman–Crippen MR) is 133 cm³/mol. The lowest BCUT2D eigenvalue weighted by atomic mass is 9.77. The van der Waals surface area contributed by atoms with Gasteiger partial charge in [-0.1, -0.05) is 20.8 Å². The Morgan fingerprint density at radius 2 is 0.905 bits per heavy atom. The van der Waals surface area contributed by atoms with Crippen molar-refractivity contribution in [3.63, 3.8) is 0 Å². The molecule has 0 spiro atoms. The fourth-order valence-corrected chi connectivity index (χ4v) is 8.43. The minimum Gasteiger partial charge on any atom is -0.402 e. The quantitative estimate of drug-likeness (QED) is 0.229. The van der Waals surface area contributed by atoms with Gasteiger partial charge in [0.2, 0.25) is 0 Å². The molecule has 0 radical (unpaired) electrons. The normalized spacial score (nSPS) is 17.6. The van der Waals surface area contributed by atoms with E-state index in [0.29, 0.717) is 30.7 Å². The smallest absolute Gasteiger partial charge is 0.402 e. The van der Waals surface area contributed by atoms with Crippen LogP contribution in [0.2, 0.25) is 18.1 Å². The summed E-state index contributed by atoms with van der Waals surface area (Å²) in [5, 5.41) is 2.89. The molecule has 0 bridgehead atoms. The van der Waals surface area contributed by atoms with E-state index in [9.17, 15) is 52.7 Å². The lowest BCUT2D eigenvalue weighted by Gasteiger charge is -2.47. The number of alkyl halides is 12. The van der Waals surface area contributed by atoms with Gasteiger partial charge in [-0.2, -0.15) is 52.7 Å². The highest BCUT2D eigenvalue weighted by Crippen LogP contribution is 2.50. The van der Waals surface area contributed by atoms with Crippen molar-refractivity contribution in [2.75, 3.05) is 6.54 Å². The molecule has 1 aliphatic heterocycles. The van der Waals surface area contributed by atoms with Crippen molar-refractivity contribution in [1.29, 1.82) is 0 Å². The van der Waals surface area contributed by atoms with E-state index in [1.807, 2.05) is 0 Å². The van der Waals surface area contributed by atoms with Crippen LogP contribution in [0.4, 0.5) is 52.7 Å². The summed E-state index contributed by atoms with van der Waals surface area (Å²) < 4.78 is 174. The molecule has 15 heteroatoms. The molecular weight excluding hydrogens is 610 g/mol.